The molecule has 2 aromatic rings. The van der Waals surface area contributed by atoms with Crippen LogP contribution in [-0.2, 0) is 6.54 Å². The lowest BCUT2D eigenvalue weighted by Gasteiger charge is -2.33. The molecule has 2 atom stereocenters. The Balaban J connectivity index is 1.76. The van der Waals surface area contributed by atoms with Gasteiger partial charge in [0.1, 0.15) is 11.5 Å². The Morgan fingerprint density at radius 3 is 2.58 bits per heavy atom. The molecular weight excluding hydrogens is 306 g/mol. The van der Waals surface area contributed by atoms with Crippen molar-refractivity contribution in [1.82, 2.24) is 15.0 Å². The van der Waals surface area contributed by atoms with E-state index in [2.05, 4.69) is 28.9 Å². The Kier molecular flexibility index (Phi) is 5.04. The van der Waals surface area contributed by atoms with Gasteiger partial charge in [0.05, 0.1) is 26.3 Å². The van der Waals surface area contributed by atoms with Gasteiger partial charge in [-0.1, -0.05) is 19.0 Å². The maximum Gasteiger partial charge on any atom is 0.241 e. The van der Waals surface area contributed by atoms with Crippen LogP contribution in [0.3, 0.4) is 0 Å². The molecule has 24 heavy (non-hydrogen) atoms. The van der Waals surface area contributed by atoms with Gasteiger partial charge < -0.3 is 14.0 Å². The summed E-state index contributed by atoms with van der Waals surface area (Å²) < 4.78 is 16.1. The molecule has 0 radical (unpaired) electrons. The van der Waals surface area contributed by atoms with Gasteiger partial charge in [-0.05, 0) is 30.4 Å². The zero-order chi connectivity index (χ0) is 17.1. The molecule has 1 saturated heterocycles. The highest BCUT2D eigenvalue weighted by Crippen LogP contribution is 2.31. The molecule has 1 aromatic carbocycles. The largest absolute Gasteiger partial charge is 0.497 e. The summed E-state index contributed by atoms with van der Waals surface area (Å²) >= 11 is 0. The zero-order valence-electron chi connectivity index (χ0n) is 14.8. The fourth-order valence-corrected chi connectivity index (χ4v) is 3.52. The Bertz CT molecular complexity index is 676. The maximum atomic E-state index is 5.46. The fourth-order valence-electron chi connectivity index (χ4n) is 3.52. The van der Waals surface area contributed by atoms with Gasteiger partial charge in [0.15, 0.2) is 0 Å². The van der Waals surface area contributed by atoms with Crippen molar-refractivity contribution in [3.8, 4) is 22.9 Å². The highest BCUT2D eigenvalue weighted by molar-refractivity contribution is 5.65. The fraction of sp³-hybridized carbons (Fsp3) is 0.556. The van der Waals surface area contributed by atoms with E-state index < -0.39 is 0 Å². The van der Waals surface area contributed by atoms with E-state index in [0.717, 1.165) is 24.4 Å². The number of rotatable bonds is 5. The van der Waals surface area contributed by atoms with Gasteiger partial charge >= 0.3 is 0 Å². The minimum Gasteiger partial charge on any atom is -0.497 e. The van der Waals surface area contributed by atoms with Gasteiger partial charge in [0.2, 0.25) is 11.7 Å². The number of aromatic nitrogens is 2. The minimum absolute atomic E-state index is 0.544. The SMILES string of the molecule is COc1ccc(-c2noc(CN3CC(C)CC(C)C3)n2)c(OC)c1. The lowest BCUT2D eigenvalue weighted by atomic mass is 9.92. The second-order valence-corrected chi connectivity index (χ2v) is 6.72. The molecule has 0 spiro atoms. The van der Waals surface area contributed by atoms with Gasteiger partial charge in [-0.15, -0.1) is 0 Å². The van der Waals surface area contributed by atoms with Crippen molar-refractivity contribution in [1.29, 1.82) is 0 Å². The summed E-state index contributed by atoms with van der Waals surface area (Å²) in [4.78, 5) is 6.94. The normalized spacial score (nSPS) is 21.7. The third-order valence-corrected chi connectivity index (χ3v) is 4.42. The van der Waals surface area contributed by atoms with Crippen LogP contribution in [0.15, 0.2) is 22.7 Å². The number of likely N-dealkylation sites (tertiary alicyclic amines) is 1. The van der Waals surface area contributed by atoms with Crippen molar-refractivity contribution in [3.05, 3.63) is 24.1 Å². The van der Waals surface area contributed by atoms with E-state index in [1.807, 2.05) is 18.2 Å². The predicted molar refractivity (Wildman–Crippen MR) is 91.1 cm³/mol. The standard InChI is InChI=1S/C18H25N3O3/c1-12-7-13(2)10-21(9-12)11-17-19-18(20-24-17)15-6-5-14(22-3)8-16(15)23-4/h5-6,8,12-13H,7,9-11H2,1-4H3. The molecule has 0 saturated carbocycles. The molecule has 6 nitrogen and oxygen atoms in total. The Labute approximate surface area is 142 Å². The average Bonchev–Trinajstić information content (AvgIpc) is 3.01. The second-order valence-electron chi connectivity index (χ2n) is 6.72. The van der Waals surface area contributed by atoms with Gasteiger partial charge in [-0.3, -0.25) is 4.90 Å². The van der Waals surface area contributed by atoms with E-state index in [0.29, 0.717) is 35.8 Å². The van der Waals surface area contributed by atoms with Gasteiger partial charge in [0, 0.05) is 19.2 Å². The van der Waals surface area contributed by atoms with Crippen LogP contribution >= 0.6 is 0 Å². The van der Waals surface area contributed by atoms with Crippen molar-refractivity contribution in [2.45, 2.75) is 26.8 Å². The number of piperidine rings is 1. The Morgan fingerprint density at radius 1 is 1.17 bits per heavy atom. The molecule has 0 N–H and O–H groups in total. The number of nitrogens with zero attached hydrogens (tertiary/aromatic N) is 3. The van der Waals surface area contributed by atoms with Crippen molar-refractivity contribution < 1.29 is 14.0 Å². The van der Waals surface area contributed by atoms with E-state index >= 15 is 0 Å². The molecule has 2 unspecified atom stereocenters. The number of hydrogen-bond acceptors (Lipinski definition) is 6. The molecule has 0 amide bonds. The number of benzene rings is 1. The van der Waals surface area contributed by atoms with Crippen LogP contribution in [0, 0.1) is 11.8 Å². The maximum absolute atomic E-state index is 5.46. The van der Waals surface area contributed by atoms with Crippen LogP contribution < -0.4 is 9.47 Å². The van der Waals surface area contributed by atoms with Crippen LogP contribution in [0.1, 0.15) is 26.2 Å². The van der Waals surface area contributed by atoms with Gasteiger partial charge in [0.25, 0.3) is 0 Å². The molecule has 3 rings (SSSR count). The van der Waals surface area contributed by atoms with E-state index in [-0.39, 0.29) is 0 Å². The smallest absolute Gasteiger partial charge is 0.241 e. The third-order valence-electron chi connectivity index (χ3n) is 4.42. The highest BCUT2D eigenvalue weighted by Gasteiger charge is 2.23. The summed E-state index contributed by atoms with van der Waals surface area (Å²) in [6.07, 6.45) is 1.29. The molecule has 2 heterocycles. The first-order valence-corrected chi connectivity index (χ1v) is 8.36. The zero-order valence-corrected chi connectivity index (χ0v) is 14.8. The van der Waals surface area contributed by atoms with Crippen LogP contribution in [0.5, 0.6) is 11.5 Å². The molecule has 6 heteroatoms. The van der Waals surface area contributed by atoms with Crippen LogP contribution in [0.2, 0.25) is 0 Å². The summed E-state index contributed by atoms with van der Waals surface area (Å²) in [7, 11) is 3.25. The molecule has 1 fully saturated rings. The van der Waals surface area contributed by atoms with E-state index in [4.69, 9.17) is 14.0 Å². The van der Waals surface area contributed by atoms with E-state index in [1.165, 1.54) is 6.42 Å². The predicted octanol–water partition coefficient (Wildman–Crippen LogP) is 3.23. The molecule has 1 aromatic heterocycles. The summed E-state index contributed by atoms with van der Waals surface area (Å²) in [5, 5.41) is 4.12. The molecule has 0 bridgehead atoms. The van der Waals surface area contributed by atoms with Crippen molar-refractivity contribution in [2.24, 2.45) is 11.8 Å². The van der Waals surface area contributed by atoms with Crippen molar-refractivity contribution in [3.63, 3.8) is 0 Å². The summed E-state index contributed by atoms with van der Waals surface area (Å²) in [5.41, 5.74) is 0.800. The first kappa shape index (κ1) is 16.8. The quantitative estimate of drug-likeness (QED) is 0.838. The Morgan fingerprint density at radius 2 is 1.92 bits per heavy atom. The molecular formula is C18H25N3O3. The number of ether oxygens (including phenoxy) is 2. The second kappa shape index (κ2) is 7.21. The van der Waals surface area contributed by atoms with Crippen molar-refractivity contribution >= 4 is 0 Å². The first-order valence-electron chi connectivity index (χ1n) is 8.36. The molecule has 0 aliphatic carbocycles. The van der Waals surface area contributed by atoms with Crippen LogP contribution in [0.4, 0.5) is 0 Å². The number of methoxy groups -OCH3 is 2. The highest BCUT2D eigenvalue weighted by atomic mass is 16.5. The minimum atomic E-state index is 0.544. The topological polar surface area (TPSA) is 60.6 Å². The van der Waals surface area contributed by atoms with Crippen LogP contribution in [0.25, 0.3) is 11.4 Å². The van der Waals surface area contributed by atoms with Gasteiger partial charge in [-0.2, -0.15) is 4.98 Å². The number of hydrogen-bond donors (Lipinski definition) is 0. The summed E-state index contributed by atoms with van der Waals surface area (Å²) in [6.45, 7) is 7.44. The van der Waals surface area contributed by atoms with E-state index in [9.17, 15) is 0 Å². The summed E-state index contributed by atoms with van der Waals surface area (Å²) in [5.74, 6) is 4.00. The summed E-state index contributed by atoms with van der Waals surface area (Å²) in [6, 6.07) is 5.57. The van der Waals surface area contributed by atoms with Gasteiger partial charge in [-0.25, -0.2) is 0 Å². The average molecular weight is 331 g/mol. The van der Waals surface area contributed by atoms with E-state index in [1.54, 1.807) is 14.2 Å². The van der Waals surface area contributed by atoms with Crippen LogP contribution in [-0.4, -0.2) is 42.3 Å². The molecule has 1 aliphatic heterocycles. The lowest BCUT2D eigenvalue weighted by molar-refractivity contribution is 0.121. The molecule has 1 aliphatic rings. The monoisotopic (exact) mass is 331 g/mol. The lowest BCUT2D eigenvalue weighted by Crippen LogP contribution is -2.38. The Hall–Kier alpha value is -2.08. The molecule has 130 valence electrons. The van der Waals surface area contributed by atoms with Crippen molar-refractivity contribution in [2.75, 3.05) is 27.3 Å². The third kappa shape index (κ3) is 3.70. The first-order chi connectivity index (χ1) is 11.6.